The van der Waals surface area contributed by atoms with Crippen LogP contribution in [0.5, 0.6) is 0 Å². The van der Waals surface area contributed by atoms with Crippen LogP contribution in [0.4, 0.5) is 0 Å². The van der Waals surface area contributed by atoms with Crippen molar-refractivity contribution < 1.29 is 14.4 Å². The normalized spacial score (nSPS) is 10.6. The third kappa shape index (κ3) is 3.18. The molecule has 1 aromatic heterocycles. The van der Waals surface area contributed by atoms with Gasteiger partial charge in [-0.3, -0.25) is 4.79 Å². The van der Waals surface area contributed by atoms with Gasteiger partial charge in [-0.1, -0.05) is 41.0 Å². The summed E-state index contributed by atoms with van der Waals surface area (Å²) in [5.41, 5.74) is 3.22. The van der Waals surface area contributed by atoms with Gasteiger partial charge >= 0.3 is 5.97 Å². The van der Waals surface area contributed by atoms with Crippen molar-refractivity contribution in [1.29, 1.82) is 0 Å². The minimum absolute atomic E-state index is 0.00905. The fraction of sp³-hybridized carbons (Fsp3) is 0.0588. The molecule has 1 heterocycles. The monoisotopic (exact) mass is 313 g/mol. The maximum Gasteiger partial charge on any atom is 0.307 e. The lowest BCUT2D eigenvalue weighted by atomic mass is 10.1. The van der Waals surface area contributed by atoms with Gasteiger partial charge in [-0.2, -0.15) is 0 Å². The van der Waals surface area contributed by atoms with E-state index in [1.807, 2.05) is 30.3 Å². The molecule has 0 atom stereocenters. The van der Waals surface area contributed by atoms with Crippen molar-refractivity contribution in [3.63, 3.8) is 0 Å². The van der Waals surface area contributed by atoms with Crippen LogP contribution in [0.15, 0.2) is 59.1 Å². The molecule has 0 aliphatic rings. The van der Waals surface area contributed by atoms with Gasteiger partial charge in [-0.05, 0) is 29.8 Å². The number of hydrogen-bond donors (Lipinski definition) is 1. The van der Waals surface area contributed by atoms with Crippen molar-refractivity contribution in [1.82, 2.24) is 5.16 Å². The highest BCUT2D eigenvalue weighted by Gasteiger charge is 2.09. The summed E-state index contributed by atoms with van der Waals surface area (Å²) < 4.78 is 5.35. The lowest BCUT2D eigenvalue weighted by Gasteiger charge is -1.98. The number of carboxylic acids is 1. The Bertz CT molecular complexity index is 792. The highest BCUT2D eigenvalue weighted by Crippen LogP contribution is 2.27. The molecule has 0 unspecified atom stereocenters. The van der Waals surface area contributed by atoms with Crippen molar-refractivity contribution in [2.24, 2.45) is 0 Å². The summed E-state index contributed by atoms with van der Waals surface area (Å²) in [5, 5.41) is 13.5. The number of nitrogens with zero attached hydrogens (tertiary/aromatic N) is 1. The first kappa shape index (κ1) is 14.4. The Hall–Kier alpha value is -2.59. The van der Waals surface area contributed by atoms with Crippen molar-refractivity contribution >= 4 is 17.6 Å². The first-order chi connectivity index (χ1) is 10.6. The Labute approximate surface area is 131 Å². The number of rotatable bonds is 4. The quantitative estimate of drug-likeness (QED) is 0.780. The summed E-state index contributed by atoms with van der Waals surface area (Å²) >= 11 is 5.86. The molecule has 0 radical (unpaired) electrons. The second kappa shape index (κ2) is 6.03. The molecule has 0 spiro atoms. The van der Waals surface area contributed by atoms with Crippen LogP contribution in [0, 0.1) is 0 Å². The fourth-order valence-electron chi connectivity index (χ4n) is 2.13. The van der Waals surface area contributed by atoms with Crippen LogP contribution in [0.3, 0.4) is 0 Å². The first-order valence-corrected chi connectivity index (χ1v) is 7.03. The standard InChI is InChI=1S/C17H12ClNO3/c18-14-7-5-13(6-8-14)16-10-15(19-22-16)12-3-1-11(2-4-12)9-17(20)21/h1-8,10H,9H2,(H,20,21). The number of aliphatic carboxylic acids is 1. The molecular weight excluding hydrogens is 302 g/mol. The highest BCUT2D eigenvalue weighted by molar-refractivity contribution is 6.30. The molecular formula is C17H12ClNO3. The van der Waals surface area contributed by atoms with E-state index in [0.717, 1.165) is 16.7 Å². The van der Waals surface area contributed by atoms with E-state index in [-0.39, 0.29) is 6.42 Å². The molecule has 0 saturated carbocycles. The minimum atomic E-state index is -0.848. The van der Waals surface area contributed by atoms with Crippen LogP contribution >= 0.6 is 11.6 Å². The van der Waals surface area contributed by atoms with Crippen molar-refractivity contribution in [2.75, 3.05) is 0 Å². The van der Waals surface area contributed by atoms with Crippen LogP contribution in [-0.2, 0) is 11.2 Å². The summed E-state index contributed by atoms with van der Waals surface area (Å²) in [4.78, 5) is 10.7. The number of hydrogen-bond acceptors (Lipinski definition) is 3. The van der Waals surface area contributed by atoms with Crippen LogP contribution in [-0.4, -0.2) is 16.2 Å². The first-order valence-electron chi connectivity index (χ1n) is 6.65. The van der Waals surface area contributed by atoms with Gasteiger partial charge in [0.1, 0.15) is 5.69 Å². The highest BCUT2D eigenvalue weighted by atomic mass is 35.5. The Kier molecular flexibility index (Phi) is 3.94. The fourth-order valence-corrected chi connectivity index (χ4v) is 2.26. The van der Waals surface area contributed by atoms with Gasteiger partial charge in [0.25, 0.3) is 0 Å². The summed E-state index contributed by atoms with van der Waals surface area (Å²) in [6.07, 6.45) is 0.00905. The summed E-state index contributed by atoms with van der Waals surface area (Å²) in [6, 6.07) is 16.4. The molecule has 3 rings (SSSR count). The SMILES string of the molecule is O=C(O)Cc1ccc(-c2cc(-c3ccc(Cl)cc3)on2)cc1. The average molecular weight is 314 g/mol. The van der Waals surface area contributed by atoms with Gasteiger partial charge in [-0.15, -0.1) is 0 Å². The van der Waals surface area contributed by atoms with Gasteiger partial charge < -0.3 is 9.63 Å². The molecule has 110 valence electrons. The smallest absolute Gasteiger partial charge is 0.307 e. The van der Waals surface area contributed by atoms with E-state index >= 15 is 0 Å². The van der Waals surface area contributed by atoms with Gasteiger partial charge in [0.15, 0.2) is 5.76 Å². The third-order valence-corrected chi connectivity index (χ3v) is 3.50. The molecule has 1 N–H and O–H groups in total. The molecule has 0 saturated heterocycles. The van der Waals surface area contributed by atoms with E-state index in [2.05, 4.69) is 5.16 Å². The second-order valence-electron chi connectivity index (χ2n) is 4.85. The van der Waals surface area contributed by atoms with E-state index in [0.29, 0.717) is 16.5 Å². The van der Waals surface area contributed by atoms with Crippen molar-refractivity contribution in [3.8, 4) is 22.6 Å². The van der Waals surface area contributed by atoms with E-state index in [1.54, 1.807) is 24.3 Å². The molecule has 3 aromatic rings. The Morgan fingerprint density at radius 3 is 2.32 bits per heavy atom. The van der Waals surface area contributed by atoms with Crippen molar-refractivity contribution in [2.45, 2.75) is 6.42 Å². The maximum absolute atomic E-state index is 10.7. The maximum atomic E-state index is 10.7. The van der Waals surface area contributed by atoms with E-state index in [1.165, 1.54) is 0 Å². The zero-order chi connectivity index (χ0) is 15.5. The predicted molar refractivity (Wildman–Crippen MR) is 83.7 cm³/mol. The number of halogens is 1. The molecule has 0 fully saturated rings. The molecule has 2 aromatic carbocycles. The Balaban J connectivity index is 1.84. The minimum Gasteiger partial charge on any atom is -0.481 e. The van der Waals surface area contributed by atoms with Crippen LogP contribution in [0.2, 0.25) is 5.02 Å². The topological polar surface area (TPSA) is 63.3 Å². The summed E-state index contributed by atoms with van der Waals surface area (Å²) in [5.74, 6) is -0.194. The average Bonchev–Trinajstić information content (AvgIpc) is 2.98. The van der Waals surface area contributed by atoms with Gasteiger partial charge in [-0.25, -0.2) is 0 Å². The number of benzene rings is 2. The molecule has 22 heavy (non-hydrogen) atoms. The van der Waals surface area contributed by atoms with Crippen molar-refractivity contribution in [3.05, 3.63) is 65.2 Å². The van der Waals surface area contributed by atoms with Gasteiger partial charge in [0, 0.05) is 22.2 Å². The zero-order valence-corrected chi connectivity index (χ0v) is 12.2. The third-order valence-electron chi connectivity index (χ3n) is 3.24. The van der Waals surface area contributed by atoms with Crippen LogP contribution in [0.1, 0.15) is 5.56 Å². The number of carboxylic acid groups (broad SMARTS) is 1. The molecule has 4 nitrogen and oxygen atoms in total. The zero-order valence-electron chi connectivity index (χ0n) is 11.5. The molecule has 0 bridgehead atoms. The van der Waals surface area contributed by atoms with Gasteiger partial charge in [0.05, 0.1) is 6.42 Å². The predicted octanol–water partition coefficient (Wildman–Crippen LogP) is 4.29. The number of carbonyl (C=O) groups is 1. The molecule has 0 amide bonds. The molecule has 0 aliphatic heterocycles. The lowest BCUT2D eigenvalue weighted by molar-refractivity contribution is -0.136. The van der Waals surface area contributed by atoms with Crippen LogP contribution in [0.25, 0.3) is 22.6 Å². The van der Waals surface area contributed by atoms with E-state index in [4.69, 9.17) is 21.2 Å². The molecule has 0 aliphatic carbocycles. The molecule has 5 heteroatoms. The Morgan fingerprint density at radius 1 is 1.05 bits per heavy atom. The van der Waals surface area contributed by atoms with E-state index in [9.17, 15) is 4.79 Å². The second-order valence-corrected chi connectivity index (χ2v) is 5.29. The van der Waals surface area contributed by atoms with Gasteiger partial charge in [0.2, 0.25) is 0 Å². The van der Waals surface area contributed by atoms with E-state index < -0.39 is 5.97 Å². The largest absolute Gasteiger partial charge is 0.481 e. The summed E-state index contributed by atoms with van der Waals surface area (Å²) in [6.45, 7) is 0. The number of aromatic nitrogens is 1. The lowest BCUT2D eigenvalue weighted by Crippen LogP contribution is -1.99. The van der Waals surface area contributed by atoms with Crippen LogP contribution < -0.4 is 0 Å². The Morgan fingerprint density at radius 2 is 1.68 bits per heavy atom. The summed E-state index contributed by atoms with van der Waals surface area (Å²) in [7, 11) is 0.